The number of nitrogens with zero attached hydrogens (tertiary/aromatic N) is 1. The average Bonchev–Trinajstić information content (AvgIpc) is 3.23. The second-order valence-electron chi connectivity index (χ2n) is 7.61. The summed E-state index contributed by atoms with van der Waals surface area (Å²) in [6, 6.07) is 11.4. The number of carbonyl (C=O) groups excluding carboxylic acids is 2. The standard InChI is InChI=1S/C22H29N3O2S/c1-25(2)19(20-12-7-13-28-20)15-23-21(26)17-10-6-11-18(14-17)24-22(27)16-8-4-3-5-9-16/h6-7,10-14,16,19H,3-5,8-9,15H2,1-2H3,(H,23,26)(H,24,27). The lowest BCUT2D eigenvalue weighted by Gasteiger charge is -2.23. The van der Waals surface area contributed by atoms with Crippen LogP contribution in [0.4, 0.5) is 5.69 Å². The van der Waals surface area contributed by atoms with Crippen molar-refractivity contribution < 1.29 is 9.59 Å². The fraction of sp³-hybridized carbons (Fsp3) is 0.455. The second-order valence-corrected chi connectivity index (χ2v) is 8.59. The normalized spacial score (nSPS) is 16.0. The topological polar surface area (TPSA) is 61.4 Å². The van der Waals surface area contributed by atoms with Crippen LogP contribution in [0.25, 0.3) is 0 Å². The van der Waals surface area contributed by atoms with Crippen molar-refractivity contribution in [1.29, 1.82) is 0 Å². The quantitative estimate of drug-likeness (QED) is 0.730. The minimum Gasteiger partial charge on any atom is -0.350 e. The van der Waals surface area contributed by atoms with Gasteiger partial charge in [-0.25, -0.2) is 0 Å². The molecule has 1 aromatic carbocycles. The Kier molecular flexibility index (Phi) is 7.23. The maximum Gasteiger partial charge on any atom is 0.251 e. The van der Waals surface area contributed by atoms with Gasteiger partial charge in [0.2, 0.25) is 5.91 Å². The third-order valence-electron chi connectivity index (χ3n) is 5.32. The predicted molar refractivity (Wildman–Crippen MR) is 115 cm³/mol. The zero-order chi connectivity index (χ0) is 19.9. The summed E-state index contributed by atoms with van der Waals surface area (Å²) in [5.74, 6) is 0.0395. The zero-order valence-electron chi connectivity index (χ0n) is 16.6. The lowest BCUT2D eigenvalue weighted by atomic mass is 9.88. The number of hydrogen-bond acceptors (Lipinski definition) is 4. The molecule has 2 N–H and O–H groups in total. The third kappa shape index (κ3) is 5.42. The molecule has 0 saturated heterocycles. The summed E-state index contributed by atoms with van der Waals surface area (Å²) >= 11 is 1.69. The molecule has 1 heterocycles. The monoisotopic (exact) mass is 399 g/mol. The van der Waals surface area contributed by atoms with Gasteiger partial charge in [-0.05, 0) is 56.6 Å². The molecule has 1 aliphatic carbocycles. The van der Waals surface area contributed by atoms with E-state index in [4.69, 9.17) is 0 Å². The SMILES string of the molecule is CN(C)C(CNC(=O)c1cccc(NC(=O)C2CCCCC2)c1)c1cccs1. The molecule has 3 rings (SSSR count). The Morgan fingerprint density at radius 2 is 1.93 bits per heavy atom. The Bertz CT molecular complexity index is 783. The third-order valence-corrected chi connectivity index (χ3v) is 6.29. The lowest BCUT2D eigenvalue weighted by molar-refractivity contribution is -0.120. The molecule has 1 aliphatic rings. The van der Waals surface area contributed by atoms with E-state index in [0.29, 0.717) is 17.8 Å². The number of hydrogen-bond donors (Lipinski definition) is 2. The summed E-state index contributed by atoms with van der Waals surface area (Å²) in [5.41, 5.74) is 1.25. The van der Waals surface area contributed by atoms with E-state index in [-0.39, 0.29) is 23.8 Å². The fourth-order valence-corrected chi connectivity index (χ4v) is 4.58. The molecule has 0 aliphatic heterocycles. The number of amides is 2. The maximum absolute atomic E-state index is 12.6. The Morgan fingerprint density at radius 3 is 2.61 bits per heavy atom. The summed E-state index contributed by atoms with van der Waals surface area (Å²) in [6.45, 7) is 0.533. The number of carbonyl (C=O) groups is 2. The van der Waals surface area contributed by atoms with Crippen LogP contribution in [0.1, 0.15) is 53.4 Å². The average molecular weight is 400 g/mol. The second kappa shape index (κ2) is 9.85. The van der Waals surface area contributed by atoms with Gasteiger partial charge in [-0.3, -0.25) is 9.59 Å². The number of rotatable bonds is 7. The van der Waals surface area contributed by atoms with Gasteiger partial charge in [-0.1, -0.05) is 31.4 Å². The Hall–Kier alpha value is -2.18. The summed E-state index contributed by atoms with van der Waals surface area (Å²) in [4.78, 5) is 28.4. The van der Waals surface area contributed by atoms with E-state index in [0.717, 1.165) is 25.7 Å². The molecule has 1 saturated carbocycles. The van der Waals surface area contributed by atoms with Crippen LogP contribution in [0.15, 0.2) is 41.8 Å². The predicted octanol–water partition coefficient (Wildman–Crippen LogP) is 4.30. The van der Waals surface area contributed by atoms with Crippen LogP contribution < -0.4 is 10.6 Å². The fourth-order valence-electron chi connectivity index (χ4n) is 3.66. The highest BCUT2D eigenvalue weighted by molar-refractivity contribution is 7.10. The van der Waals surface area contributed by atoms with Crippen molar-refractivity contribution in [2.24, 2.45) is 5.92 Å². The van der Waals surface area contributed by atoms with Gasteiger partial charge in [-0.15, -0.1) is 11.3 Å². The van der Waals surface area contributed by atoms with E-state index in [1.165, 1.54) is 11.3 Å². The molecule has 1 atom stereocenters. The summed E-state index contributed by atoms with van der Waals surface area (Å²) in [6.07, 6.45) is 5.38. The van der Waals surface area contributed by atoms with E-state index in [2.05, 4.69) is 21.6 Å². The number of benzene rings is 1. The molecule has 1 unspecified atom stereocenters. The lowest BCUT2D eigenvalue weighted by Crippen LogP contribution is -2.34. The Balaban J connectivity index is 1.59. The largest absolute Gasteiger partial charge is 0.350 e. The van der Waals surface area contributed by atoms with Crippen LogP contribution >= 0.6 is 11.3 Å². The van der Waals surface area contributed by atoms with Gasteiger partial charge in [0.1, 0.15) is 0 Å². The maximum atomic E-state index is 12.6. The first-order valence-electron chi connectivity index (χ1n) is 9.93. The zero-order valence-corrected chi connectivity index (χ0v) is 17.4. The van der Waals surface area contributed by atoms with E-state index in [1.807, 2.05) is 37.7 Å². The highest BCUT2D eigenvalue weighted by atomic mass is 32.1. The molecular weight excluding hydrogens is 370 g/mol. The van der Waals surface area contributed by atoms with Crippen molar-refractivity contribution in [2.75, 3.05) is 26.0 Å². The number of anilines is 1. The Labute approximate surface area is 171 Å². The van der Waals surface area contributed by atoms with Crippen LogP contribution in [0.2, 0.25) is 0 Å². The minimum absolute atomic E-state index is 0.0719. The summed E-state index contributed by atoms with van der Waals surface area (Å²) in [5, 5.41) is 8.06. The van der Waals surface area contributed by atoms with Gasteiger partial charge in [0.05, 0.1) is 6.04 Å². The highest BCUT2D eigenvalue weighted by Gasteiger charge is 2.21. The molecule has 6 heteroatoms. The first-order valence-corrected chi connectivity index (χ1v) is 10.8. The summed E-state index contributed by atoms with van der Waals surface area (Å²) in [7, 11) is 4.02. The summed E-state index contributed by atoms with van der Waals surface area (Å²) < 4.78 is 0. The van der Waals surface area contributed by atoms with E-state index >= 15 is 0 Å². The first kappa shape index (κ1) is 20.6. The van der Waals surface area contributed by atoms with E-state index in [9.17, 15) is 9.59 Å². The molecule has 1 fully saturated rings. The van der Waals surface area contributed by atoms with E-state index < -0.39 is 0 Å². The highest BCUT2D eigenvalue weighted by Crippen LogP contribution is 2.25. The van der Waals surface area contributed by atoms with Gasteiger partial charge >= 0.3 is 0 Å². The van der Waals surface area contributed by atoms with Crippen molar-refractivity contribution in [3.63, 3.8) is 0 Å². The molecule has 2 amide bonds. The minimum atomic E-state index is -0.128. The van der Waals surface area contributed by atoms with Crippen LogP contribution in [-0.4, -0.2) is 37.4 Å². The van der Waals surface area contributed by atoms with Gasteiger partial charge in [0.15, 0.2) is 0 Å². The van der Waals surface area contributed by atoms with Crippen molar-refractivity contribution >= 4 is 28.8 Å². The van der Waals surface area contributed by atoms with Crippen LogP contribution in [0.5, 0.6) is 0 Å². The molecule has 5 nitrogen and oxygen atoms in total. The van der Waals surface area contributed by atoms with Gasteiger partial charge in [0.25, 0.3) is 5.91 Å². The van der Waals surface area contributed by atoms with Crippen LogP contribution in [0, 0.1) is 5.92 Å². The molecular formula is C22H29N3O2S. The smallest absolute Gasteiger partial charge is 0.251 e. The molecule has 1 aromatic heterocycles. The van der Waals surface area contributed by atoms with Crippen LogP contribution in [-0.2, 0) is 4.79 Å². The molecule has 2 aromatic rings. The van der Waals surface area contributed by atoms with Crippen molar-refractivity contribution in [2.45, 2.75) is 38.1 Å². The molecule has 0 bridgehead atoms. The van der Waals surface area contributed by atoms with Gasteiger partial charge in [-0.2, -0.15) is 0 Å². The molecule has 150 valence electrons. The van der Waals surface area contributed by atoms with Gasteiger partial charge < -0.3 is 15.5 Å². The van der Waals surface area contributed by atoms with E-state index in [1.54, 1.807) is 23.5 Å². The van der Waals surface area contributed by atoms with Crippen molar-refractivity contribution in [1.82, 2.24) is 10.2 Å². The first-order chi connectivity index (χ1) is 13.5. The molecule has 0 spiro atoms. The molecule has 0 radical (unpaired) electrons. The van der Waals surface area contributed by atoms with Crippen LogP contribution in [0.3, 0.4) is 0 Å². The number of likely N-dealkylation sites (N-methyl/N-ethyl adjacent to an activating group) is 1. The van der Waals surface area contributed by atoms with Crippen molar-refractivity contribution in [3.8, 4) is 0 Å². The van der Waals surface area contributed by atoms with Gasteiger partial charge in [0, 0.05) is 28.6 Å². The molecule has 28 heavy (non-hydrogen) atoms. The Morgan fingerprint density at radius 1 is 1.14 bits per heavy atom. The number of thiophene rings is 1. The number of nitrogens with one attached hydrogen (secondary N) is 2. The van der Waals surface area contributed by atoms with Crippen molar-refractivity contribution in [3.05, 3.63) is 52.2 Å².